The first-order valence-corrected chi connectivity index (χ1v) is 3.32. The van der Waals surface area contributed by atoms with Gasteiger partial charge in [-0.25, -0.2) is 0 Å². The number of allylic oxidation sites excluding steroid dienone is 1. The summed E-state index contributed by atoms with van der Waals surface area (Å²) in [5, 5.41) is 32.0. The monoisotopic (exact) mass is 164 g/mol. The molecule has 0 bridgehead atoms. The molecule has 0 heterocycles. The van der Waals surface area contributed by atoms with Crippen LogP contribution in [0.25, 0.3) is 0 Å². The highest BCUT2D eigenvalue weighted by molar-refractivity contribution is 4.78. The zero-order valence-electron chi connectivity index (χ0n) is 6.81. The Hall–Kier alpha value is -0.420. The quantitative estimate of drug-likeness (QED) is 0.319. The van der Waals surface area contributed by atoms with Gasteiger partial charge < -0.3 is 20.4 Å². The fourth-order valence-electron chi connectivity index (χ4n) is 0.172. The summed E-state index contributed by atoms with van der Waals surface area (Å²) >= 11 is 0. The molecule has 0 saturated carbocycles. The van der Waals surface area contributed by atoms with Gasteiger partial charge in [-0.1, -0.05) is 6.08 Å². The van der Waals surface area contributed by atoms with E-state index in [1.807, 2.05) is 0 Å². The predicted molar refractivity (Wildman–Crippen MR) is 41.8 cm³/mol. The van der Waals surface area contributed by atoms with Crippen molar-refractivity contribution in [2.45, 2.75) is 26.2 Å². The van der Waals surface area contributed by atoms with Gasteiger partial charge >= 0.3 is 0 Å². The second kappa shape index (κ2) is 9.58. The molecule has 0 saturated heterocycles. The third-order valence-corrected chi connectivity index (χ3v) is 0.629. The largest absolute Gasteiger partial charge is 0.394 e. The number of aliphatic hydroxyl groups is 4. The first-order valence-electron chi connectivity index (χ1n) is 3.32. The van der Waals surface area contributed by atoms with Crippen LogP contribution in [0.4, 0.5) is 0 Å². The Morgan fingerprint density at radius 3 is 1.64 bits per heavy atom. The van der Waals surface area contributed by atoms with Crippen LogP contribution in [-0.2, 0) is 0 Å². The van der Waals surface area contributed by atoms with E-state index in [-0.39, 0.29) is 6.61 Å². The Bertz CT molecular complexity index is 88.4. The summed E-state index contributed by atoms with van der Waals surface area (Å²) in [7, 11) is 0. The van der Waals surface area contributed by atoms with Gasteiger partial charge in [-0.15, -0.1) is 0 Å². The maximum atomic E-state index is 8.11. The molecule has 0 aromatic rings. The highest BCUT2D eigenvalue weighted by Crippen LogP contribution is 1.74. The molecule has 0 aromatic carbocycles. The Kier molecular flexibility index (Phi) is 11.5. The summed E-state index contributed by atoms with van der Waals surface area (Å²) in [5.74, 6) is 0. The van der Waals surface area contributed by atoms with Gasteiger partial charge in [-0.05, 0) is 19.9 Å². The van der Waals surface area contributed by atoms with Gasteiger partial charge in [0.25, 0.3) is 0 Å². The van der Waals surface area contributed by atoms with Crippen LogP contribution in [0.1, 0.15) is 13.8 Å². The molecule has 0 spiro atoms. The van der Waals surface area contributed by atoms with Gasteiger partial charge in [-0.2, -0.15) is 0 Å². The van der Waals surface area contributed by atoms with Crippen molar-refractivity contribution in [3.63, 3.8) is 0 Å². The van der Waals surface area contributed by atoms with E-state index in [0.717, 1.165) is 0 Å². The molecule has 0 aliphatic heterocycles. The van der Waals surface area contributed by atoms with Gasteiger partial charge in [0.2, 0.25) is 0 Å². The van der Waals surface area contributed by atoms with E-state index in [9.17, 15) is 0 Å². The number of hydrogen-bond donors (Lipinski definition) is 4. The fraction of sp³-hybridized carbons (Fsp3) is 0.714. The molecule has 0 amide bonds. The smallest absolute Gasteiger partial charge is 0.171 e. The second-order valence-corrected chi connectivity index (χ2v) is 1.97. The summed E-state index contributed by atoms with van der Waals surface area (Å²) in [5.41, 5.74) is 0. The van der Waals surface area contributed by atoms with Crippen LogP contribution < -0.4 is 0 Å². The number of hydrogen-bond acceptors (Lipinski definition) is 4. The topological polar surface area (TPSA) is 80.9 Å². The molecular weight excluding hydrogens is 148 g/mol. The molecule has 4 heteroatoms. The first-order chi connectivity index (χ1) is 5.04. The molecular formula is C7H16O4. The minimum Gasteiger partial charge on any atom is -0.394 e. The van der Waals surface area contributed by atoms with Crippen molar-refractivity contribution < 1.29 is 20.4 Å². The SMILES string of the molecule is CC(O)CO.CC=CC(O)O. The van der Waals surface area contributed by atoms with Crippen LogP contribution in [-0.4, -0.2) is 39.4 Å². The predicted octanol–water partition coefficient (Wildman–Crippen LogP) is -0.767. The maximum Gasteiger partial charge on any atom is 0.171 e. The van der Waals surface area contributed by atoms with Gasteiger partial charge in [0.05, 0.1) is 12.7 Å². The van der Waals surface area contributed by atoms with Gasteiger partial charge in [0.15, 0.2) is 6.29 Å². The summed E-state index contributed by atoms with van der Waals surface area (Å²) in [6.07, 6.45) is 1.01. The molecule has 68 valence electrons. The third-order valence-electron chi connectivity index (χ3n) is 0.629. The molecule has 0 aliphatic carbocycles. The highest BCUT2D eigenvalue weighted by atomic mass is 16.5. The van der Waals surface area contributed by atoms with E-state index >= 15 is 0 Å². The van der Waals surface area contributed by atoms with Crippen molar-refractivity contribution in [1.82, 2.24) is 0 Å². The van der Waals surface area contributed by atoms with Crippen molar-refractivity contribution in [2.24, 2.45) is 0 Å². The van der Waals surface area contributed by atoms with E-state index in [1.54, 1.807) is 13.0 Å². The van der Waals surface area contributed by atoms with Crippen LogP contribution in [0.3, 0.4) is 0 Å². The molecule has 0 aromatic heterocycles. The van der Waals surface area contributed by atoms with Crippen molar-refractivity contribution in [2.75, 3.05) is 6.61 Å². The van der Waals surface area contributed by atoms with Gasteiger partial charge in [-0.3, -0.25) is 0 Å². The lowest BCUT2D eigenvalue weighted by Gasteiger charge is -1.90. The lowest BCUT2D eigenvalue weighted by atomic mass is 10.5. The number of aliphatic hydroxyl groups excluding tert-OH is 3. The fourth-order valence-corrected chi connectivity index (χ4v) is 0.172. The van der Waals surface area contributed by atoms with Crippen LogP contribution in [0, 0.1) is 0 Å². The standard InChI is InChI=1S/C4H8O2.C3H8O2/c1-2-3-4(5)6;1-3(5)2-4/h2-6H,1H3;3-5H,2H2,1H3. The van der Waals surface area contributed by atoms with Crippen LogP contribution in [0.15, 0.2) is 12.2 Å². The molecule has 0 aliphatic rings. The van der Waals surface area contributed by atoms with Crippen LogP contribution in [0.5, 0.6) is 0 Å². The number of rotatable bonds is 2. The van der Waals surface area contributed by atoms with E-state index in [2.05, 4.69) is 0 Å². The first kappa shape index (κ1) is 13.2. The molecule has 1 atom stereocenters. The van der Waals surface area contributed by atoms with E-state index in [0.29, 0.717) is 0 Å². The molecule has 0 rings (SSSR count). The van der Waals surface area contributed by atoms with Gasteiger partial charge in [0.1, 0.15) is 0 Å². The van der Waals surface area contributed by atoms with E-state index < -0.39 is 12.4 Å². The van der Waals surface area contributed by atoms with Gasteiger partial charge in [0, 0.05) is 0 Å². The summed E-state index contributed by atoms with van der Waals surface area (Å²) in [6, 6.07) is 0. The Balaban J connectivity index is 0. The summed E-state index contributed by atoms with van der Waals surface area (Å²) in [4.78, 5) is 0. The molecule has 4 N–H and O–H groups in total. The molecule has 4 nitrogen and oxygen atoms in total. The Labute approximate surface area is 66.4 Å². The lowest BCUT2D eigenvalue weighted by molar-refractivity contribution is 0.00228. The zero-order chi connectivity index (χ0) is 9.28. The normalized spacial score (nSPS) is 13.0. The molecule has 1 unspecified atom stereocenters. The third kappa shape index (κ3) is 26.2. The minimum atomic E-state index is -1.28. The lowest BCUT2D eigenvalue weighted by Crippen LogP contribution is -2.03. The minimum absolute atomic E-state index is 0.139. The van der Waals surface area contributed by atoms with Crippen molar-refractivity contribution in [1.29, 1.82) is 0 Å². The molecule has 11 heavy (non-hydrogen) atoms. The zero-order valence-corrected chi connectivity index (χ0v) is 6.81. The average molecular weight is 164 g/mol. The molecule has 0 radical (unpaired) electrons. The van der Waals surface area contributed by atoms with Crippen molar-refractivity contribution in [3.8, 4) is 0 Å². The summed E-state index contributed by atoms with van der Waals surface area (Å²) in [6.45, 7) is 3.11. The Morgan fingerprint density at radius 2 is 1.64 bits per heavy atom. The highest BCUT2D eigenvalue weighted by Gasteiger charge is 1.83. The van der Waals surface area contributed by atoms with E-state index in [1.165, 1.54) is 13.0 Å². The average Bonchev–Trinajstić information content (AvgIpc) is 1.89. The van der Waals surface area contributed by atoms with E-state index in [4.69, 9.17) is 20.4 Å². The summed E-state index contributed by atoms with van der Waals surface area (Å²) < 4.78 is 0. The maximum absolute atomic E-state index is 8.11. The van der Waals surface area contributed by atoms with Crippen molar-refractivity contribution >= 4 is 0 Å². The van der Waals surface area contributed by atoms with Crippen LogP contribution >= 0.6 is 0 Å². The Morgan fingerprint density at radius 1 is 1.27 bits per heavy atom. The van der Waals surface area contributed by atoms with Crippen LogP contribution in [0.2, 0.25) is 0 Å². The second-order valence-electron chi connectivity index (χ2n) is 1.97. The molecule has 0 fully saturated rings. The van der Waals surface area contributed by atoms with Crippen molar-refractivity contribution in [3.05, 3.63) is 12.2 Å².